The van der Waals surface area contributed by atoms with Crippen molar-refractivity contribution in [3.05, 3.63) is 151 Å². The number of halogens is 4. The number of esters is 2. The van der Waals surface area contributed by atoms with Crippen molar-refractivity contribution < 1.29 is 33.3 Å². The van der Waals surface area contributed by atoms with Crippen LogP contribution in [0.4, 0.5) is 4.39 Å². The molecule has 2 aromatic heterocycles. The molecule has 0 atom stereocenters. The average Bonchev–Trinajstić information content (AvgIpc) is 3.07. The largest absolute Gasteiger partial charge is 0.508 e. The van der Waals surface area contributed by atoms with Gasteiger partial charge in [0.1, 0.15) is 35.3 Å². The molecule has 0 spiro atoms. The van der Waals surface area contributed by atoms with Crippen molar-refractivity contribution in [2.75, 3.05) is 13.2 Å². The number of carbonyl (C=O) groups excluding carboxylic acids is 2. The van der Waals surface area contributed by atoms with Gasteiger partial charge in [-0.3, -0.25) is 0 Å². The van der Waals surface area contributed by atoms with Crippen LogP contribution in [0.25, 0.3) is 0 Å². The molecule has 0 bridgehead atoms. The van der Waals surface area contributed by atoms with E-state index in [1.54, 1.807) is 92.7 Å². The SMILES string of the molecule is CCOC(=O)c1cccc(Cc2cc(Cl)ccc2O)n1.CCOC(=O)c1cccc(Cc2cc(Cl)ccc2OCc2ccc(Cl)cc2F)n1. The van der Waals surface area contributed by atoms with Gasteiger partial charge < -0.3 is 19.3 Å². The highest BCUT2D eigenvalue weighted by Crippen LogP contribution is 2.27. The van der Waals surface area contributed by atoms with Crippen LogP contribution < -0.4 is 4.74 Å². The molecule has 49 heavy (non-hydrogen) atoms. The molecule has 0 amide bonds. The third-order valence-electron chi connectivity index (χ3n) is 6.79. The lowest BCUT2D eigenvalue weighted by Gasteiger charge is -2.13. The molecule has 0 aliphatic carbocycles. The lowest BCUT2D eigenvalue weighted by atomic mass is 10.1. The van der Waals surface area contributed by atoms with Crippen molar-refractivity contribution >= 4 is 46.7 Å². The lowest BCUT2D eigenvalue weighted by molar-refractivity contribution is 0.0510. The van der Waals surface area contributed by atoms with E-state index in [4.69, 9.17) is 49.0 Å². The van der Waals surface area contributed by atoms with E-state index < -0.39 is 17.8 Å². The van der Waals surface area contributed by atoms with Gasteiger partial charge in [0.25, 0.3) is 0 Å². The highest BCUT2D eigenvalue weighted by Gasteiger charge is 2.13. The summed E-state index contributed by atoms with van der Waals surface area (Å²) in [7, 11) is 0. The number of aromatic nitrogens is 2. The fourth-order valence-corrected chi connectivity index (χ4v) is 5.05. The second-order valence-corrected chi connectivity index (χ2v) is 11.7. The molecule has 5 aromatic rings. The molecule has 0 unspecified atom stereocenters. The van der Waals surface area contributed by atoms with Gasteiger partial charge in [0.2, 0.25) is 0 Å². The first-order valence-corrected chi connectivity index (χ1v) is 16.3. The number of benzene rings is 3. The summed E-state index contributed by atoms with van der Waals surface area (Å²) in [5, 5.41) is 11.2. The molecular weight excluding hydrogens is 694 g/mol. The molecule has 0 aliphatic rings. The lowest BCUT2D eigenvalue weighted by Crippen LogP contribution is -2.08. The van der Waals surface area contributed by atoms with E-state index >= 15 is 0 Å². The van der Waals surface area contributed by atoms with E-state index in [0.29, 0.717) is 62.8 Å². The fourth-order valence-electron chi connectivity index (χ4n) is 4.50. The summed E-state index contributed by atoms with van der Waals surface area (Å²) in [6.45, 7) is 4.10. The maximum atomic E-state index is 14.0. The first kappa shape index (κ1) is 37.1. The first-order valence-electron chi connectivity index (χ1n) is 15.1. The van der Waals surface area contributed by atoms with Crippen LogP contribution in [0.5, 0.6) is 11.5 Å². The van der Waals surface area contributed by atoms with Crippen molar-refractivity contribution in [1.82, 2.24) is 9.97 Å². The fraction of sp³-hybridized carbons (Fsp3) is 0.189. The number of nitrogens with zero attached hydrogens (tertiary/aromatic N) is 2. The Morgan fingerprint density at radius 2 is 1.18 bits per heavy atom. The normalized spacial score (nSPS) is 10.5. The van der Waals surface area contributed by atoms with Gasteiger partial charge in [-0.25, -0.2) is 23.9 Å². The molecule has 5 rings (SSSR count). The molecule has 0 saturated carbocycles. The quantitative estimate of drug-likeness (QED) is 0.134. The van der Waals surface area contributed by atoms with Crippen molar-refractivity contribution in [2.45, 2.75) is 33.3 Å². The predicted octanol–water partition coefficient (Wildman–Crippen LogP) is 9.08. The van der Waals surface area contributed by atoms with E-state index in [9.17, 15) is 19.1 Å². The minimum absolute atomic E-state index is 0.0356. The highest BCUT2D eigenvalue weighted by molar-refractivity contribution is 6.31. The van der Waals surface area contributed by atoms with Crippen LogP contribution in [0.15, 0.2) is 91.0 Å². The molecule has 254 valence electrons. The Kier molecular flexibility index (Phi) is 13.8. The minimum atomic E-state index is -0.477. The van der Waals surface area contributed by atoms with E-state index in [0.717, 1.165) is 5.56 Å². The Balaban J connectivity index is 0.000000237. The van der Waals surface area contributed by atoms with E-state index in [1.165, 1.54) is 12.1 Å². The maximum absolute atomic E-state index is 14.0. The molecule has 1 N–H and O–H groups in total. The number of carbonyl (C=O) groups is 2. The van der Waals surface area contributed by atoms with Gasteiger partial charge in [-0.05, 0) is 86.6 Å². The summed E-state index contributed by atoms with van der Waals surface area (Å²) in [5.41, 5.74) is 3.61. The molecule has 8 nitrogen and oxygen atoms in total. The summed E-state index contributed by atoms with van der Waals surface area (Å²) < 4.78 is 29.7. The Labute approximate surface area is 298 Å². The van der Waals surface area contributed by atoms with Crippen LogP contribution in [-0.4, -0.2) is 40.2 Å². The van der Waals surface area contributed by atoms with Crippen molar-refractivity contribution in [3.8, 4) is 11.5 Å². The Bertz CT molecular complexity index is 1920. The number of hydrogen-bond acceptors (Lipinski definition) is 8. The van der Waals surface area contributed by atoms with Crippen LogP contribution in [-0.2, 0) is 28.9 Å². The Morgan fingerprint density at radius 3 is 1.76 bits per heavy atom. The van der Waals surface area contributed by atoms with Crippen LogP contribution in [0, 0.1) is 5.82 Å². The number of pyridine rings is 2. The predicted molar refractivity (Wildman–Crippen MR) is 186 cm³/mol. The van der Waals surface area contributed by atoms with Gasteiger partial charge >= 0.3 is 11.9 Å². The summed E-state index contributed by atoms with van der Waals surface area (Å²) in [4.78, 5) is 32.1. The van der Waals surface area contributed by atoms with E-state index in [1.807, 2.05) is 0 Å². The average molecular weight is 726 g/mol. The summed E-state index contributed by atoms with van der Waals surface area (Å²) >= 11 is 17.8. The van der Waals surface area contributed by atoms with Crippen LogP contribution >= 0.6 is 34.8 Å². The van der Waals surface area contributed by atoms with Gasteiger partial charge in [-0.1, -0.05) is 53.0 Å². The van der Waals surface area contributed by atoms with Gasteiger partial charge in [0.05, 0.1) is 13.2 Å². The molecular formula is C37H32Cl3FN2O6. The topological polar surface area (TPSA) is 108 Å². The molecule has 0 radical (unpaired) electrons. The third kappa shape index (κ3) is 11.2. The monoisotopic (exact) mass is 724 g/mol. The van der Waals surface area contributed by atoms with Gasteiger partial charge in [-0.15, -0.1) is 0 Å². The van der Waals surface area contributed by atoms with Crippen molar-refractivity contribution in [2.24, 2.45) is 0 Å². The zero-order chi connectivity index (χ0) is 35.3. The van der Waals surface area contributed by atoms with E-state index in [-0.39, 0.29) is 30.4 Å². The summed E-state index contributed by atoms with van der Waals surface area (Å²) in [5.74, 6) is -0.665. The molecule has 0 aliphatic heterocycles. The van der Waals surface area contributed by atoms with Crippen molar-refractivity contribution in [3.63, 3.8) is 0 Å². The third-order valence-corrected chi connectivity index (χ3v) is 7.49. The van der Waals surface area contributed by atoms with E-state index in [2.05, 4.69) is 9.97 Å². The number of ether oxygens (including phenoxy) is 3. The van der Waals surface area contributed by atoms with Gasteiger partial charge in [0, 0.05) is 56.0 Å². The molecule has 12 heteroatoms. The first-order chi connectivity index (χ1) is 23.6. The number of hydrogen-bond donors (Lipinski definition) is 1. The standard InChI is InChI=1S/C22H18Cl2FNO3.C15H14ClNO3/c1-2-28-22(27)20-5-3-4-18(26-20)11-15-10-16(23)8-9-21(15)29-13-14-6-7-17(24)12-19(14)25;1-2-20-15(19)13-5-3-4-12(17-13)9-10-8-11(16)6-7-14(10)18/h3-10,12H,2,11,13H2,1H3;3-8,18H,2,9H2,1H3. The van der Waals surface area contributed by atoms with Crippen LogP contribution in [0.2, 0.25) is 15.1 Å². The molecule has 0 saturated heterocycles. The number of phenols is 1. The Morgan fingerprint density at radius 1 is 0.673 bits per heavy atom. The second kappa shape index (κ2) is 18.2. The number of phenolic OH excluding ortho intramolecular Hbond substituents is 1. The minimum Gasteiger partial charge on any atom is -0.508 e. The van der Waals surface area contributed by atoms with Gasteiger partial charge in [-0.2, -0.15) is 0 Å². The zero-order valence-corrected chi connectivity index (χ0v) is 28.9. The number of aromatic hydroxyl groups is 1. The van der Waals surface area contributed by atoms with Crippen LogP contribution in [0.3, 0.4) is 0 Å². The molecule has 3 aromatic carbocycles. The van der Waals surface area contributed by atoms with Crippen molar-refractivity contribution in [1.29, 1.82) is 0 Å². The Hall–Kier alpha value is -4.70. The summed E-state index contributed by atoms with van der Waals surface area (Å²) in [6.07, 6.45) is 0.770. The maximum Gasteiger partial charge on any atom is 0.356 e. The smallest absolute Gasteiger partial charge is 0.356 e. The summed E-state index contributed by atoms with van der Waals surface area (Å²) in [6, 6.07) is 24.7. The second-order valence-electron chi connectivity index (χ2n) is 10.4. The molecule has 2 heterocycles. The molecule has 0 fully saturated rings. The highest BCUT2D eigenvalue weighted by atomic mass is 35.5. The van der Waals surface area contributed by atoms with Crippen LogP contribution in [0.1, 0.15) is 62.9 Å². The van der Waals surface area contributed by atoms with Gasteiger partial charge in [0.15, 0.2) is 0 Å². The zero-order valence-electron chi connectivity index (χ0n) is 26.6. The number of rotatable bonds is 11.